The summed E-state index contributed by atoms with van der Waals surface area (Å²) in [7, 11) is 0. The number of piperidine rings is 1. The van der Waals surface area contributed by atoms with Gasteiger partial charge in [-0.1, -0.05) is 29.8 Å². The highest BCUT2D eigenvalue weighted by Crippen LogP contribution is 2.30. The van der Waals surface area contributed by atoms with Crippen molar-refractivity contribution in [1.82, 2.24) is 20.0 Å². The summed E-state index contributed by atoms with van der Waals surface area (Å²) in [6, 6.07) is 14.0. The number of nitrogens with one attached hydrogen (secondary N) is 1. The molecule has 3 aromatic rings. The van der Waals surface area contributed by atoms with Gasteiger partial charge in [-0.05, 0) is 69.2 Å². The van der Waals surface area contributed by atoms with E-state index in [2.05, 4.69) is 10.2 Å². The van der Waals surface area contributed by atoms with Crippen molar-refractivity contribution >= 4 is 11.6 Å². The van der Waals surface area contributed by atoms with Crippen LogP contribution in [0.2, 0.25) is 5.02 Å². The van der Waals surface area contributed by atoms with Crippen molar-refractivity contribution in [3.05, 3.63) is 71.1 Å². The second kappa shape index (κ2) is 10.4. The number of benzene rings is 2. The van der Waals surface area contributed by atoms with Crippen LogP contribution in [0, 0.1) is 5.82 Å². The smallest absolute Gasteiger partial charge is 0.123 e. The van der Waals surface area contributed by atoms with E-state index in [0.29, 0.717) is 11.6 Å². The van der Waals surface area contributed by atoms with Crippen molar-refractivity contribution in [1.29, 1.82) is 0 Å². The lowest BCUT2D eigenvalue weighted by Crippen LogP contribution is -2.39. The van der Waals surface area contributed by atoms with E-state index >= 15 is 0 Å². The molecule has 0 amide bonds. The Balaban J connectivity index is 1.44. The molecule has 2 N–H and O–H groups in total. The second-order valence-corrected chi connectivity index (χ2v) is 8.44. The summed E-state index contributed by atoms with van der Waals surface area (Å²) in [5.41, 5.74) is 3.53. The SMILES string of the molecule is OC1CCCN(CCCNCc2cn(-c3ccc(F)cc3)nc2-c2ccccc2Cl)C1. The zero-order chi connectivity index (χ0) is 21.6. The van der Waals surface area contributed by atoms with E-state index in [9.17, 15) is 9.50 Å². The van der Waals surface area contributed by atoms with Gasteiger partial charge < -0.3 is 15.3 Å². The summed E-state index contributed by atoms with van der Waals surface area (Å²) in [5.74, 6) is -0.273. The summed E-state index contributed by atoms with van der Waals surface area (Å²) in [5, 5.41) is 18.7. The van der Waals surface area contributed by atoms with Gasteiger partial charge in [0.25, 0.3) is 0 Å². The third-order valence-electron chi connectivity index (χ3n) is 5.63. The number of aliphatic hydroxyl groups is 1. The highest BCUT2D eigenvalue weighted by atomic mass is 35.5. The lowest BCUT2D eigenvalue weighted by atomic mass is 10.1. The fourth-order valence-corrected chi connectivity index (χ4v) is 4.26. The largest absolute Gasteiger partial charge is 0.392 e. The Hall–Kier alpha value is -2.25. The van der Waals surface area contributed by atoms with Gasteiger partial charge in [-0.2, -0.15) is 5.10 Å². The molecule has 5 nitrogen and oxygen atoms in total. The Kier molecular flexibility index (Phi) is 7.35. The summed E-state index contributed by atoms with van der Waals surface area (Å²) in [4.78, 5) is 2.33. The van der Waals surface area contributed by atoms with Gasteiger partial charge in [0, 0.05) is 30.4 Å². The van der Waals surface area contributed by atoms with Crippen molar-refractivity contribution in [3.8, 4) is 16.9 Å². The standard InChI is InChI=1S/C24H28ClFN4O/c25-23-7-2-1-6-22(23)24-18(16-30(28-24)20-10-8-19(26)9-11-20)15-27-12-4-14-29-13-3-5-21(31)17-29/h1-2,6-11,16,21,27,31H,3-5,12-15,17H2. The van der Waals surface area contributed by atoms with Gasteiger partial charge in [0.05, 0.1) is 22.5 Å². The average molecular weight is 443 g/mol. The van der Waals surface area contributed by atoms with Crippen molar-refractivity contribution in [2.45, 2.75) is 31.9 Å². The topological polar surface area (TPSA) is 53.3 Å². The molecule has 1 unspecified atom stereocenters. The fraction of sp³-hybridized carbons (Fsp3) is 0.375. The summed E-state index contributed by atoms with van der Waals surface area (Å²) >= 11 is 6.44. The van der Waals surface area contributed by atoms with Gasteiger partial charge in [0.1, 0.15) is 5.82 Å². The zero-order valence-electron chi connectivity index (χ0n) is 17.5. The van der Waals surface area contributed by atoms with Gasteiger partial charge in [0.15, 0.2) is 0 Å². The van der Waals surface area contributed by atoms with Crippen LogP contribution in [0.5, 0.6) is 0 Å². The van der Waals surface area contributed by atoms with Crippen LogP contribution in [0.15, 0.2) is 54.7 Å². The predicted molar refractivity (Wildman–Crippen MR) is 122 cm³/mol. The first-order chi connectivity index (χ1) is 15.1. The fourth-order valence-electron chi connectivity index (χ4n) is 4.03. The number of β-amino-alcohol motifs (C(OH)–C–C–N with tert-alkyl or cyclic N) is 1. The molecule has 1 saturated heterocycles. The molecule has 1 atom stereocenters. The Morgan fingerprint density at radius 1 is 1.16 bits per heavy atom. The zero-order valence-corrected chi connectivity index (χ0v) is 18.2. The first-order valence-electron chi connectivity index (χ1n) is 10.8. The molecule has 0 saturated carbocycles. The van der Waals surface area contributed by atoms with Crippen molar-refractivity contribution in [2.24, 2.45) is 0 Å². The van der Waals surface area contributed by atoms with Gasteiger partial charge >= 0.3 is 0 Å². The van der Waals surface area contributed by atoms with Crippen molar-refractivity contribution in [3.63, 3.8) is 0 Å². The highest BCUT2D eigenvalue weighted by molar-refractivity contribution is 6.33. The Labute approximate surface area is 187 Å². The third-order valence-corrected chi connectivity index (χ3v) is 5.96. The van der Waals surface area contributed by atoms with Crippen molar-refractivity contribution in [2.75, 3.05) is 26.2 Å². The van der Waals surface area contributed by atoms with Crippen LogP contribution in [0.1, 0.15) is 24.8 Å². The van der Waals surface area contributed by atoms with E-state index < -0.39 is 0 Å². The number of aliphatic hydroxyl groups excluding tert-OH is 1. The van der Waals surface area contributed by atoms with E-state index in [4.69, 9.17) is 16.7 Å². The lowest BCUT2D eigenvalue weighted by molar-refractivity contribution is 0.0702. The Morgan fingerprint density at radius 2 is 1.97 bits per heavy atom. The van der Waals surface area contributed by atoms with Crippen LogP contribution in [-0.2, 0) is 6.54 Å². The first kappa shape index (κ1) is 22.0. The molecule has 31 heavy (non-hydrogen) atoms. The van der Waals surface area contributed by atoms with Crippen LogP contribution in [-0.4, -0.2) is 52.1 Å². The van der Waals surface area contributed by atoms with Crippen LogP contribution >= 0.6 is 11.6 Å². The Bertz CT molecular complexity index is 991. The number of likely N-dealkylation sites (tertiary alicyclic amines) is 1. The van der Waals surface area contributed by atoms with E-state index in [1.54, 1.807) is 16.8 Å². The number of aromatic nitrogens is 2. The van der Waals surface area contributed by atoms with E-state index in [1.165, 1.54) is 12.1 Å². The number of rotatable bonds is 8. The molecule has 2 heterocycles. The molecule has 0 radical (unpaired) electrons. The predicted octanol–water partition coefficient (Wildman–Crippen LogP) is 4.27. The highest BCUT2D eigenvalue weighted by Gasteiger charge is 2.17. The summed E-state index contributed by atoms with van der Waals surface area (Å²) in [6.45, 7) is 4.36. The molecule has 1 aliphatic rings. The second-order valence-electron chi connectivity index (χ2n) is 8.03. The molecule has 0 aliphatic carbocycles. The molecule has 1 aromatic heterocycles. The minimum Gasteiger partial charge on any atom is -0.392 e. The maximum atomic E-state index is 13.3. The molecule has 4 rings (SSSR count). The van der Waals surface area contributed by atoms with Gasteiger partial charge in [-0.25, -0.2) is 9.07 Å². The molecule has 1 aliphatic heterocycles. The molecule has 164 valence electrons. The Morgan fingerprint density at radius 3 is 2.74 bits per heavy atom. The van der Waals surface area contributed by atoms with Crippen LogP contribution in [0.25, 0.3) is 16.9 Å². The van der Waals surface area contributed by atoms with Crippen molar-refractivity contribution < 1.29 is 9.50 Å². The number of hydrogen-bond acceptors (Lipinski definition) is 4. The number of halogens is 2. The summed E-state index contributed by atoms with van der Waals surface area (Å²) < 4.78 is 15.1. The van der Waals surface area contributed by atoms with E-state index in [1.807, 2.05) is 30.5 Å². The molecule has 2 aromatic carbocycles. The molecule has 0 spiro atoms. The van der Waals surface area contributed by atoms with Crippen LogP contribution in [0.4, 0.5) is 4.39 Å². The van der Waals surface area contributed by atoms with Gasteiger partial charge in [0.2, 0.25) is 0 Å². The maximum absolute atomic E-state index is 13.3. The number of hydrogen-bond donors (Lipinski definition) is 2. The minimum absolute atomic E-state index is 0.183. The molecule has 0 bridgehead atoms. The molecule has 1 fully saturated rings. The van der Waals surface area contributed by atoms with Gasteiger partial charge in [-0.15, -0.1) is 0 Å². The van der Waals surface area contributed by atoms with Crippen LogP contribution < -0.4 is 5.32 Å². The minimum atomic E-state index is -0.273. The molecular weight excluding hydrogens is 415 g/mol. The van der Waals surface area contributed by atoms with Gasteiger partial charge in [-0.3, -0.25) is 0 Å². The quantitative estimate of drug-likeness (QED) is 0.511. The lowest BCUT2D eigenvalue weighted by Gasteiger charge is -2.29. The normalized spacial score (nSPS) is 17.2. The first-order valence-corrected chi connectivity index (χ1v) is 11.2. The monoisotopic (exact) mass is 442 g/mol. The maximum Gasteiger partial charge on any atom is 0.123 e. The third kappa shape index (κ3) is 5.71. The molecule has 7 heteroatoms. The van der Waals surface area contributed by atoms with E-state index in [-0.39, 0.29) is 11.9 Å². The average Bonchev–Trinajstić information content (AvgIpc) is 3.18. The number of nitrogens with zero attached hydrogens (tertiary/aromatic N) is 3. The van der Waals surface area contributed by atoms with Crippen LogP contribution in [0.3, 0.4) is 0 Å². The summed E-state index contributed by atoms with van der Waals surface area (Å²) in [6.07, 6.45) is 4.79. The van der Waals surface area contributed by atoms with E-state index in [0.717, 1.165) is 67.9 Å². The molecular formula is C24H28ClFN4O.